The lowest BCUT2D eigenvalue weighted by Gasteiger charge is -2.16. The van der Waals surface area contributed by atoms with Crippen molar-refractivity contribution in [2.75, 3.05) is 11.9 Å². The van der Waals surface area contributed by atoms with E-state index in [0.29, 0.717) is 25.1 Å². The maximum atomic E-state index is 13.2. The minimum Gasteiger partial charge on any atom is -0.478 e. The molecule has 1 fully saturated rings. The van der Waals surface area contributed by atoms with Gasteiger partial charge in [-0.3, -0.25) is 4.79 Å². The molecule has 1 heterocycles. The van der Waals surface area contributed by atoms with Gasteiger partial charge in [-0.1, -0.05) is 0 Å². The molecule has 0 aromatic heterocycles. The Labute approximate surface area is 114 Å². The Kier molecular flexibility index (Phi) is 3.99. The molecule has 0 spiro atoms. The molecule has 0 saturated carbocycles. The highest BCUT2D eigenvalue weighted by Crippen LogP contribution is 2.23. The van der Waals surface area contributed by atoms with Gasteiger partial charge in [-0.05, 0) is 26.0 Å². The van der Waals surface area contributed by atoms with Gasteiger partial charge in [-0.15, -0.1) is 0 Å². The normalized spacial score (nSPS) is 21.8. The van der Waals surface area contributed by atoms with Crippen molar-refractivity contribution in [1.29, 1.82) is 0 Å². The third kappa shape index (κ3) is 2.77. The van der Waals surface area contributed by atoms with Crippen molar-refractivity contribution < 1.29 is 23.5 Å². The third-order valence-electron chi connectivity index (χ3n) is 3.41. The van der Waals surface area contributed by atoms with Crippen molar-refractivity contribution in [3.05, 3.63) is 29.3 Å². The Morgan fingerprint density at radius 3 is 2.55 bits per heavy atom. The molecular weight excluding hydrogens is 270 g/mol. The second-order valence-electron chi connectivity index (χ2n) is 4.74. The molecule has 1 aliphatic rings. The summed E-state index contributed by atoms with van der Waals surface area (Å²) in [7, 11) is 0. The molecule has 1 aromatic carbocycles. The Bertz CT molecular complexity index is 563. The molecule has 1 aliphatic heterocycles. The van der Waals surface area contributed by atoms with Gasteiger partial charge < -0.3 is 15.7 Å². The van der Waals surface area contributed by atoms with Gasteiger partial charge in [0, 0.05) is 12.1 Å². The molecule has 108 valence electrons. The van der Waals surface area contributed by atoms with Crippen LogP contribution >= 0.6 is 0 Å². The first-order chi connectivity index (χ1) is 9.40. The number of carbonyl (C=O) groups is 2. The van der Waals surface area contributed by atoms with E-state index in [1.54, 1.807) is 0 Å². The first kappa shape index (κ1) is 14.4. The molecular formula is C13H14F2N2O3. The molecule has 5 nitrogen and oxygen atoms in total. The van der Waals surface area contributed by atoms with Crippen molar-refractivity contribution in [3.8, 4) is 0 Å². The van der Waals surface area contributed by atoms with E-state index in [2.05, 4.69) is 10.6 Å². The zero-order chi connectivity index (χ0) is 14.9. The predicted octanol–water partition coefficient (Wildman–Crippen LogP) is 1.60. The molecule has 0 aliphatic carbocycles. The number of hydrogen-bond acceptors (Lipinski definition) is 3. The Morgan fingerprint density at radius 1 is 1.35 bits per heavy atom. The SMILES string of the molecule is CC1NCCC1C(=O)Nc1cc(F)c(F)cc1C(=O)O. The van der Waals surface area contributed by atoms with E-state index < -0.39 is 29.1 Å². The minimum atomic E-state index is -1.43. The summed E-state index contributed by atoms with van der Waals surface area (Å²) in [6, 6.07) is 1.20. The van der Waals surface area contributed by atoms with Crippen LogP contribution in [0.2, 0.25) is 0 Å². The van der Waals surface area contributed by atoms with E-state index >= 15 is 0 Å². The van der Waals surface area contributed by atoms with Crippen molar-refractivity contribution in [3.63, 3.8) is 0 Å². The van der Waals surface area contributed by atoms with Crippen LogP contribution in [-0.2, 0) is 4.79 Å². The summed E-state index contributed by atoms with van der Waals surface area (Å²) in [4.78, 5) is 23.0. The largest absolute Gasteiger partial charge is 0.478 e. The van der Waals surface area contributed by atoms with Gasteiger partial charge in [-0.2, -0.15) is 0 Å². The molecule has 7 heteroatoms. The quantitative estimate of drug-likeness (QED) is 0.787. The van der Waals surface area contributed by atoms with Gasteiger partial charge in [0.2, 0.25) is 5.91 Å². The molecule has 1 amide bonds. The molecule has 0 radical (unpaired) electrons. The van der Waals surface area contributed by atoms with Gasteiger partial charge in [-0.25, -0.2) is 13.6 Å². The van der Waals surface area contributed by atoms with E-state index in [4.69, 9.17) is 5.11 Å². The van der Waals surface area contributed by atoms with Crippen LogP contribution in [-0.4, -0.2) is 29.6 Å². The molecule has 2 unspecified atom stereocenters. The van der Waals surface area contributed by atoms with Crippen LogP contribution in [0.25, 0.3) is 0 Å². The highest BCUT2D eigenvalue weighted by molar-refractivity contribution is 6.01. The average molecular weight is 284 g/mol. The van der Waals surface area contributed by atoms with Crippen molar-refractivity contribution in [1.82, 2.24) is 5.32 Å². The zero-order valence-corrected chi connectivity index (χ0v) is 10.7. The van der Waals surface area contributed by atoms with Gasteiger partial charge in [0.25, 0.3) is 0 Å². The Morgan fingerprint density at radius 2 is 2.00 bits per heavy atom. The van der Waals surface area contributed by atoms with Crippen LogP contribution < -0.4 is 10.6 Å². The number of carboxylic acids is 1. The lowest BCUT2D eigenvalue weighted by molar-refractivity contribution is -0.120. The summed E-state index contributed by atoms with van der Waals surface area (Å²) in [5.74, 6) is -4.64. The average Bonchev–Trinajstić information content (AvgIpc) is 2.79. The molecule has 1 saturated heterocycles. The van der Waals surface area contributed by atoms with Crippen LogP contribution in [0.15, 0.2) is 12.1 Å². The van der Waals surface area contributed by atoms with Crippen LogP contribution in [0.1, 0.15) is 23.7 Å². The highest BCUT2D eigenvalue weighted by Gasteiger charge is 2.30. The monoisotopic (exact) mass is 284 g/mol. The van der Waals surface area contributed by atoms with Crippen LogP contribution in [0.3, 0.4) is 0 Å². The van der Waals surface area contributed by atoms with E-state index in [0.717, 1.165) is 0 Å². The lowest BCUT2D eigenvalue weighted by atomic mass is 10.0. The number of halogens is 2. The molecule has 20 heavy (non-hydrogen) atoms. The number of aromatic carboxylic acids is 1. The van der Waals surface area contributed by atoms with Crippen molar-refractivity contribution in [2.45, 2.75) is 19.4 Å². The molecule has 3 N–H and O–H groups in total. The smallest absolute Gasteiger partial charge is 0.337 e. The number of carboxylic acid groups (broad SMARTS) is 1. The number of hydrogen-bond donors (Lipinski definition) is 3. The minimum absolute atomic E-state index is 0.0476. The van der Waals surface area contributed by atoms with E-state index in [1.165, 1.54) is 0 Å². The number of anilines is 1. The summed E-state index contributed by atoms with van der Waals surface area (Å²) in [6.07, 6.45) is 0.610. The Hall–Kier alpha value is -2.02. The Balaban J connectivity index is 2.26. The second kappa shape index (κ2) is 5.54. The van der Waals surface area contributed by atoms with E-state index in [1.807, 2.05) is 6.92 Å². The van der Waals surface area contributed by atoms with Crippen molar-refractivity contribution >= 4 is 17.6 Å². The van der Waals surface area contributed by atoms with Crippen molar-refractivity contribution in [2.24, 2.45) is 5.92 Å². The number of carbonyl (C=O) groups excluding carboxylic acids is 1. The molecule has 2 rings (SSSR count). The van der Waals surface area contributed by atoms with E-state index in [9.17, 15) is 18.4 Å². The summed E-state index contributed by atoms with van der Waals surface area (Å²) in [5, 5.41) is 14.4. The number of benzene rings is 1. The summed E-state index contributed by atoms with van der Waals surface area (Å²) in [5.41, 5.74) is -0.712. The topological polar surface area (TPSA) is 78.4 Å². The fraction of sp³-hybridized carbons (Fsp3) is 0.385. The maximum absolute atomic E-state index is 13.2. The second-order valence-corrected chi connectivity index (χ2v) is 4.74. The molecule has 1 aromatic rings. The number of amides is 1. The standard InChI is InChI=1S/C13H14F2N2O3/c1-6-7(2-3-16-6)12(18)17-11-5-10(15)9(14)4-8(11)13(19)20/h4-7,16H,2-3H2,1H3,(H,17,18)(H,19,20). The summed E-state index contributed by atoms with van der Waals surface area (Å²) in [6.45, 7) is 2.52. The van der Waals surface area contributed by atoms with Crippen LogP contribution in [0.4, 0.5) is 14.5 Å². The zero-order valence-electron chi connectivity index (χ0n) is 10.7. The van der Waals surface area contributed by atoms with Crippen LogP contribution in [0, 0.1) is 17.6 Å². The van der Waals surface area contributed by atoms with Gasteiger partial charge in [0.1, 0.15) is 0 Å². The summed E-state index contributed by atoms with van der Waals surface area (Å²) >= 11 is 0. The predicted molar refractivity (Wildman–Crippen MR) is 67.5 cm³/mol. The van der Waals surface area contributed by atoms with Gasteiger partial charge in [0.15, 0.2) is 11.6 Å². The van der Waals surface area contributed by atoms with Gasteiger partial charge in [0.05, 0.1) is 17.2 Å². The molecule has 2 atom stereocenters. The van der Waals surface area contributed by atoms with Crippen LogP contribution in [0.5, 0.6) is 0 Å². The number of rotatable bonds is 3. The fourth-order valence-corrected chi connectivity index (χ4v) is 2.27. The van der Waals surface area contributed by atoms with E-state index in [-0.39, 0.29) is 17.6 Å². The first-order valence-electron chi connectivity index (χ1n) is 6.16. The summed E-state index contributed by atoms with van der Waals surface area (Å²) < 4.78 is 26.3. The highest BCUT2D eigenvalue weighted by atomic mass is 19.2. The third-order valence-corrected chi connectivity index (χ3v) is 3.41. The fourth-order valence-electron chi connectivity index (χ4n) is 2.27. The molecule has 0 bridgehead atoms. The first-order valence-corrected chi connectivity index (χ1v) is 6.16. The number of nitrogens with one attached hydrogen (secondary N) is 2. The lowest BCUT2D eigenvalue weighted by Crippen LogP contribution is -2.32. The van der Waals surface area contributed by atoms with Gasteiger partial charge >= 0.3 is 5.97 Å². The maximum Gasteiger partial charge on any atom is 0.337 e.